The summed E-state index contributed by atoms with van der Waals surface area (Å²) >= 11 is 5.96. The van der Waals surface area contributed by atoms with Crippen molar-refractivity contribution in [1.29, 1.82) is 0 Å². The molecule has 0 radical (unpaired) electrons. The van der Waals surface area contributed by atoms with E-state index in [1.807, 2.05) is 54.6 Å². The maximum Gasteiger partial charge on any atom is 0.190 e. The average Bonchev–Trinajstić information content (AvgIpc) is 3.25. The fourth-order valence-electron chi connectivity index (χ4n) is 2.39. The van der Waals surface area contributed by atoms with Crippen LogP contribution in [0.4, 0.5) is 0 Å². The summed E-state index contributed by atoms with van der Waals surface area (Å²) in [6, 6.07) is 17.2. The minimum atomic E-state index is 0.620. The molecule has 0 saturated carbocycles. The lowest BCUT2D eigenvalue weighted by atomic mass is 10.1. The number of rotatable bonds is 3. The van der Waals surface area contributed by atoms with Crippen molar-refractivity contribution in [2.75, 3.05) is 0 Å². The minimum absolute atomic E-state index is 0.620. The number of hydrogen-bond donors (Lipinski definition) is 1. The van der Waals surface area contributed by atoms with Crippen molar-refractivity contribution in [3.63, 3.8) is 0 Å². The third-order valence-electron chi connectivity index (χ3n) is 3.48. The van der Waals surface area contributed by atoms with E-state index in [-0.39, 0.29) is 0 Å². The Hall–Kier alpha value is -2.99. The first-order chi connectivity index (χ1) is 11.3. The normalized spacial score (nSPS) is 10.8. The third kappa shape index (κ3) is 2.49. The number of aromatic amines is 1. The Balaban J connectivity index is 1.84. The summed E-state index contributed by atoms with van der Waals surface area (Å²) in [5.41, 5.74) is 3.51. The van der Waals surface area contributed by atoms with Gasteiger partial charge in [-0.25, -0.2) is 0 Å². The van der Waals surface area contributed by atoms with Gasteiger partial charge in [0.1, 0.15) is 0 Å². The van der Waals surface area contributed by atoms with Crippen molar-refractivity contribution in [1.82, 2.24) is 30.4 Å². The molecule has 0 unspecified atom stereocenters. The van der Waals surface area contributed by atoms with Gasteiger partial charge in [0.05, 0.1) is 23.1 Å². The van der Waals surface area contributed by atoms with Crippen LogP contribution < -0.4 is 0 Å². The topological polar surface area (TPSA) is 72.3 Å². The molecule has 2 heterocycles. The Labute approximate surface area is 136 Å². The first kappa shape index (κ1) is 13.7. The molecular formula is C16H11ClN6. The number of nitrogens with zero attached hydrogens (tertiary/aromatic N) is 5. The molecule has 1 N–H and O–H groups in total. The fourth-order valence-corrected chi connectivity index (χ4v) is 2.52. The molecule has 2 aromatic carbocycles. The molecule has 0 fully saturated rings. The van der Waals surface area contributed by atoms with E-state index in [4.69, 9.17) is 11.6 Å². The number of halogens is 1. The first-order valence-corrected chi connectivity index (χ1v) is 7.34. The number of hydrogen-bond acceptors (Lipinski definition) is 4. The van der Waals surface area contributed by atoms with E-state index in [1.165, 1.54) is 0 Å². The van der Waals surface area contributed by atoms with Crippen molar-refractivity contribution < 1.29 is 0 Å². The van der Waals surface area contributed by atoms with Crippen molar-refractivity contribution in [3.05, 3.63) is 65.8 Å². The lowest BCUT2D eigenvalue weighted by molar-refractivity contribution is 0.791. The molecule has 0 atom stereocenters. The number of nitrogens with one attached hydrogen (secondary N) is 1. The molecule has 0 saturated heterocycles. The SMILES string of the molecule is Clc1ccc(-c2[nH]ncc2-c2nnnn2-c2ccccc2)cc1. The number of aromatic nitrogens is 6. The average molecular weight is 323 g/mol. The van der Waals surface area contributed by atoms with Gasteiger partial charge in [0.2, 0.25) is 0 Å². The largest absolute Gasteiger partial charge is 0.277 e. The van der Waals surface area contributed by atoms with Gasteiger partial charge in [-0.2, -0.15) is 9.78 Å². The molecule has 23 heavy (non-hydrogen) atoms. The maximum absolute atomic E-state index is 5.96. The Morgan fingerprint density at radius 3 is 2.52 bits per heavy atom. The second kappa shape index (κ2) is 5.66. The number of benzene rings is 2. The minimum Gasteiger partial charge on any atom is -0.277 e. The summed E-state index contributed by atoms with van der Waals surface area (Å²) in [4.78, 5) is 0. The number of tetrazole rings is 1. The predicted molar refractivity (Wildman–Crippen MR) is 87.2 cm³/mol. The first-order valence-electron chi connectivity index (χ1n) is 6.96. The standard InChI is InChI=1S/C16H11ClN6/c17-12-8-6-11(7-9-12)15-14(10-18-19-15)16-20-21-22-23(16)13-4-2-1-3-5-13/h1-10H,(H,18,19). The number of para-hydroxylation sites is 1. The van der Waals surface area contributed by atoms with Gasteiger partial charge < -0.3 is 0 Å². The lowest BCUT2D eigenvalue weighted by Crippen LogP contribution is -1.99. The second-order valence-electron chi connectivity index (χ2n) is 4.92. The smallest absolute Gasteiger partial charge is 0.190 e. The van der Waals surface area contributed by atoms with Crippen molar-refractivity contribution in [2.45, 2.75) is 0 Å². The molecular weight excluding hydrogens is 312 g/mol. The van der Waals surface area contributed by atoms with Crippen LogP contribution >= 0.6 is 11.6 Å². The van der Waals surface area contributed by atoms with E-state index >= 15 is 0 Å². The molecule has 112 valence electrons. The van der Waals surface area contributed by atoms with Gasteiger partial charge in [0.25, 0.3) is 0 Å². The van der Waals surface area contributed by atoms with Crippen molar-refractivity contribution in [3.8, 4) is 28.3 Å². The summed E-state index contributed by atoms with van der Waals surface area (Å²) in [5, 5.41) is 19.9. The van der Waals surface area contributed by atoms with Gasteiger partial charge in [-0.3, -0.25) is 5.10 Å². The third-order valence-corrected chi connectivity index (χ3v) is 3.74. The van der Waals surface area contributed by atoms with Crippen LogP contribution in [0.3, 0.4) is 0 Å². The molecule has 4 rings (SSSR count). The summed E-state index contributed by atoms with van der Waals surface area (Å²) in [5.74, 6) is 0.620. The van der Waals surface area contributed by atoms with Gasteiger partial charge in [-0.1, -0.05) is 41.9 Å². The molecule has 0 aliphatic carbocycles. The van der Waals surface area contributed by atoms with Crippen LogP contribution in [0.25, 0.3) is 28.3 Å². The zero-order valence-corrected chi connectivity index (χ0v) is 12.6. The highest BCUT2D eigenvalue weighted by atomic mass is 35.5. The second-order valence-corrected chi connectivity index (χ2v) is 5.35. The van der Waals surface area contributed by atoms with Crippen molar-refractivity contribution >= 4 is 11.6 Å². The van der Waals surface area contributed by atoms with Crippen LogP contribution in [0.5, 0.6) is 0 Å². The molecule has 0 aliphatic rings. The Bertz CT molecular complexity index is 927. The zero-order valence-electron chi connectivity index (χ0n) is 11.9. The summed E-state index contributed by atoms with van der Waals surface area (Å²) in [6.07, 6.45) is 1.72. The monoisotopic (exact) mass is 322 g/mol. The maximum atomic E-state index is 5.96. The van der Waals surface area contributed by atoms with E-state index in [0.29, 0.717) is 10.8 Å². The van der Waals surface area contributed by atoms with E-state index in [2.05, 4.69) is 25.7 Å². The van der Waals surface area contributed by atoms with Crippen LogP contribution in [-0.4, -0.2) is 30.4 Å². The van der Waals surface area contributed by atoms with Crippen LogP contribution in [0.1, 0.15) is 0 Å². The summed E-state index contributed by atoms with van der Waals surface area (Å²) in [6.45, 7) is 0. The molecule has 0 spiro atoms. The highest BCUT2D eigenvalue weighted by molar-refractivity contribution is 6.30. The molecule has 0 aliphatic heterocycles. The van der Waals surface area contributed by atoms with Gasteiger partial charge in [0, 0.05) is 10.6 Å². The van der Waals surface area contributed by atoms with Crippen LogP contribution in [-0.2, 0) is 0 Å². The van der Waals surface area contributed by atoms with E-state index < -0.39 is 0 Å². The molecule has 4 aromatic rings. The Morgan fingerprint density at radius 1 is 0.957 bits per heavy atom. The summed E-state index contributed by atoms with van der Waals surface area (Å²) < 4.78 is 1.68. The fraction of sp³-hybridized carbons (Fsp3) is 0. The molecule has 6 nitrogen and oxygen atoms in total. The number of H-pyrrole nitrogens is 1. The van der Waals surface area contributed by atoms with Gasteiger partial charge in [-0.05, 0) is 34.7 Å². The van der Waals surface area contributed by atoms with Crippen LogP contribution in [0, 0.1) is 0 Å². The Morgan fingerprint density at radius 2 is 1.74 bits per heavy atom. The molecule has 2 aromatic heterocycles. The van der Waals surface area contributed by atoms with Gasteiger partial charge in [-0.15, -0.1) is 5.10 Å². The van der Waals surface area contributed by atoms with Crippen LogP contribution in [0.2, 0.25) is 5.02 Å². The highest BCUT2D eigenvalue weighted by Crippen LogP contribution is 2.30. The van der Waals surface area contributed by atoms with Crippen molar-refractivity contribution in [2.24, 2.45) is 0 Å². The molecule has 0 bridgehead atoms. The van der Waals surface area contributed by atoms with E-state index in [9.17, 15) is 0 Å². The van der Waals surface area contributed by atoms with E-state index in [1.54, 1.807) is 10.9 Å². The zero-order chi connectivity index (χ0) is 15.6. The lowest BCUT2D eigenvalue weighted by Gasteiger charge is -2.05. The molecule has 7 heteroatoms. The van der Waals surface area contributed by atoms with E-state index in [0.717, 1.165) is 22.5 Å². The van der Waals surface area contributed by atoms with Crippen LogP contribution in [0.15, 0.2) is 60.8 Å². The summed E-state index contributed by atoms with van der Waals surface area (Å²) in [7, 11) is 0. The van der Waals surface area contributed by atoms with Gasteiger partial charge in [0.15, 0.2) is 5.82 Å². The van der Waals surface area contributed by atoms with Gasteiger partial charge >= 0.3 is 0 Å². The quantitative estimate of drug-likeness (QED) is 0.627. The predicted octanol–water partition coefficient (Wildman–Crippen LogP) is 3.37. The highest BCUT2D eigenvalue weighted by Gasteiger charge is 2.17. The Kier molecular flexibility index (Phi) is 3.36. The molecule has 0 amide bonds.